The lowest BCUT2D eigenvalue weighted by Gasteiger charge is -2.31. The Morgan fingerprint density at radius 3 is 2.77 bits per heavy atom. The number of amidine groups is 1. The van der Waals surface area contributed by atoms with Gasteiger partial charge >= 0.3 is 11.9 Å². The second-order valence-corrected chi connectivity index (χ2v) is 10.8. The molecule has 0 radical (unpaired) electrons. The topological polar surface area (TPSA) is 93.1 Å². The number of alkyl halides is 2. The maximum absolute atomic E-state index is 15.2. The van der Waals surface area contributed by atoms with E-state index in [4.69, 9.17) is 14.5 Å². The van der Waals surface area contributed by atoms with Gasteiger partial charge in [0.15, 0.2) is 10.8 Å². The van der Waals surface area contributed by atoms with Crippen LogP contribution < -0.4 is 5.32 Å². The zero-order valence-electron chi connectivity index (χ0n) is 21.7. The van der Waals surface area contributed by atoms with E-state index < -0.39 is 54.1 Å². The summed E-state index contributed by atoms with van der Waals surface area (Å²) in [5.74, 6) is -5.92. The standard InChI is InChI=1S/C27H29F3N4O4S/c1-4-38-26(36)21-19(12-34-13-27(29,30)17-10-15(11-20(17)34)25(35)37-3)32-23(24-31-8-9-39-24)33-22(21)16-6-5-7-18(28)14(16)2/h5-9,15,17,20,22H,4,10-13H2,1-3H3,(H,32,33). The zero-order valence-corrected chi connectivity index (χ0v) is 22.6. The van der Waals surface area contributed by atoms with Gasteiger partial charge in [0.2, 0.25) is 0 Å². The monoisotopic (exact) mass is 562 g/mol. The molecule has 5 rings (SSSR count). The van der Waals surface area contributed by atoms with Gasteiger partial charge < -0.3 is 14.8 Å². The Hall–Kier alpha value is -3.25. The number of rotatable bonds is 7. The van der Waals surface area contributed by atoms with Gasteiger partial charge in [-0.05, 0) is 43.9 Å². The lowest BCUT2D eigenvalue weighted by Crippen LogP contribution is -2.42. The average Bonchev–Trinajstić information content (AvgIpc) is 3.64. The quantitative estimate of drug-likeness (QED) is 0.510. The molecular formula is C27H29F3N4O4S. The minimum absolute atomic E-state index is 0.0367. The van der Waals surface area contributed by atoms with E-state index in [1.54, 1.807) is 36.4 Å². The van der Waals surface area contributed by atoms with Gasteiger partial charge in [0.25, 0.3) is 5.92 Å². The van der Waals surface area contributed by atoms with E-state index in [1.165, 1.54) is 30.6 Å². The van der Waals surface area contributed by atoms with Crippen molar-refractivity contribution in [3.63, 3.8) is 0 Å². The van der Waals surface area contributed by atoms with Gasteiger partial charge in [-0.1, -0.05) is 12.1 Å². The molecule has 3 heterocycles. The fourth-order valence-electron chi connectivity index (χ4n) is 5.88. The predicted molar refractivity (Wildman–Crippen MR) is 138 cm³/mol. The minimum Gasteiger partial charge on any atom is -0.469 e. The van der Waals surface area contributed by atoms with Crippen LogP contribution >= 0.6 is 11.3 Å². The van der Waals surface area contributed by atoms with Gasteiger partial charge in [-0.25, -0.2) is 22.9 Å². The van der Waals surface area contributed by atoms with E-state index in [-0.39, 0.29) is 31.6 Å². The van der Waals surface area contributed by atoms with Crippen LogP contribution in [0.5, 0.6) is 0 Å². The number of aliphatic imine (C=N–C) groups is 1. The van der Waals surface area contributed by atoms with Crippen molar-refractivity contribution in [3.8, 4) is 0 Å². The molecule has 2 fully saturated rings. The van der Waals surface area contributed by atoms with Crippen molar-refractivity contribution in [1.29, 1.82) is 0 Å². The number of ether oxygens (including phenoxy) is 2. The molecule has 12 heteroatoms. The smallest absolute Gasteiger partial charge is 0.338 e. The highest BCUT2D eigenvalue weighted by Gasteiger charge is 2.59. The van der Waals surface area contributed by atoms with Crippen molar-refractivity contribution in [1.82, 2.24) is 15.2 Å². The van der Waals surface area contributed by atoms with Crippen LogP contribution in [0.15, 0.2) is 46.0 Å². The van der Waals surface area contributed by atoms with Crippen LogP contribution in [0.4, 0.5) is 13.2 Å². The largest absolute Gasteiger partial charge is 0.469 e. The van der Waals surface area contributed by atoms with Crippen LogP contribution in [0.1, 0.15) is 41.9 Å². The van der Waals surface area contributed by atoms with Crippen molar-refractivity contribution in [2.24, 2.45) is 16.8 Å². The first-order valence-corrected chi connectivity index (χ1v) is 13.6. The molecule has 3 aliphatic rings. The van der Waals surface area contributed by atoms with Crippen molar-refractivity contribution < 1.29 is 32.2 Å². The van der Waals surface area contributed by atoms with E-state index in [9.17, 15) is 14.0 Å². The Morgan fingerprint density at radius 2 is 2.08 bits per heavy atom. The Labute approximate surface area is 227 Å². The first-order chi connectivity index (χ1) is 18.6. The van der Waals surface area contributed by atoms with E-state index >= 15 is 8.78 Å². The van der Waals surface area contributed by atoms with Crippen molar-refractivity contribution in [3.05, 3.63) is 63.0 Å². The molecule has 0 spiro atoms. The summed E-state index contributed by atoms with van der Waals surface area (Å²) in [4.78, 5) is 36.2. The van der Waals surface area contributed by atoms with Crippen molar-refractivity contribution >= 4 is 29.1 Å². The number of hydrogen-bond acceptors (Lipinski definition) is 9. The van der Waals surface area contributed by atoms with Gasteiger partial charge in [0.05, 0.1) is 31.8 Å². The summed E-state index contributed by atoms with van der Waals surface area (Å²) >= 11 is 1.32. The van der Waals surface area contributed by atoms with E-state index in [2.05, 4.69) is 10.3 Å². The maximum Gasteiger partial charge on any atom is 0.338 e. The van der Waals surface area contributed by atoms with Crippen molar-refractivity contribution in [2.45, 2.75) is 44.7 Å². The van der Waals surface area contributed by atoms with Crippen molar-refractivity contribution in [2.75, 3.05) is 26.8 Å². The number of fused-ring (bicyclic) bond motifs is 1. The highest BCUT2D eigenvalue weighted by atomic mass is 32.1. The Kier molecular flexibility index (Phi) is 7.51. The number of esters is 2. The van der Waals surface area contributed by atoms with E-state index in [0.29, 0.717) is 27.7 Å². The van der Waals surface area contributed by atoms with Crippen LogP contribution in [0.2, 0.25) is 0 Å². The van der Waals surface area contributed by atoms with Crippen LogP contribution in [0.25, 0.3) is 0 Å². The number of carbonyl (C=O) groups excluding carboxylic acids is 2. The molecular weight excluding hydrogens is 533 g/mol. The van der Waals surface area contributed by atoms with Crippen LogP contribution in [-0.2, 0) is 19.1 Å². The highest BCUT2D eigenvalue weighted by Crippen LogP contribution is 2.50. The van der Waals surface area contributed by atoms with Crippen LogP contribution in [-0.4, -0.2) is 66.4 Å². The molecule has 208 valence electrons. The summed E-state index contributed by atoms with van der Waals surface area (Å²) in [5, 5.41) is 5.46. The molecule has 4 atom stereocenters. The number of methoxy groups -OCH3 is 1. The Balaban J connectivity index is 1.58. The molecule has 8 nitrogen and oxygen atoms in total. The van der Waals surface area contributed by atoms with Gasteiger partial charge in [-0.3, -0.25) is 14.7 Å². The first kappa shape index (κ1) is 27.3. The molecule has 1 saturated carbocycles. The summed E-state index contributed by atoms with van der Waals surface area (Å²) in [6, 6.07) is 3.02. The Morgan fingerprint density at radius 1 is 1.28 bits per heavy atom. The molecule has 1 aromatic carbocycles. The van der Waals surface area contributed by atoms with Gasteiger partial charge in [0, 0.05) is 35.8 Å². The highest BCUT2D eigenvalue weighted by molar-refractivity contribution is 7.11. The summed E-state index contributed by atoms with van der Waals surface area (Å²) in [7, 11) is 1.25. The molecule has 0 bridgehead atoms. The van der Waals surface area contributed by atoms with Gasteiger partial charge in [0.1, 0.15) is 11.9 Å². The number of likely N-dealkylation sites (tertiary alicyclic amines) is 1. The second-order valence-electron chi connectivity index (χ2n) is 9.94. The number of carbonyl (C=O) groups is 2. The molecule has 4 unspecified atom stereocenters. The lowest BCUT2D eigenvalue weighted by molar-refractivity contribution is -0.146. The maximum atomic E-state index is 15.2. The molecule has 1 aromatic heterocycles. The summed E-state index contributed by atoms with van der Waals surface area (Å²) in [6.07, 6.45) is 1.87. The number of aromatic nitrogens is 1. The number of thiazole rings is 1. The summed E-state index contributed by atoms with van der Waals surface area (Å²) in [5.41, 5.74) is 1.24. The fourth-order valence-corrected chi connectivity index (χ4v) is 6.47. The molecule has 1 N–H and O–H groups in total. The number of nitrogens with zero attached hydrogens (tertiary/aromatic N) is 3. The molecule has 0 amide bonds. The van der Waals surface area contributed by atoms with Gasteiger partial charge in [-0.15, -0.1) is 11.3 Å². The summed E-state index contributed by atoms with van der Waals surface area (Å²) < 4.78 is 55.2. The molecule has 1 saturated heterocycles. The third-order valence-corrected chi connectivity index (χ3v) is 8.49. The third kappa shape index (κ3) is 5.07. The van der Waals surface area contributed by atoms with Gasteiger partial charge in [-0.2, -0.15) is 0 Å². The molecule has 1 aliphatic carbocycles. The minimum atomic E-state index is -3.02. The Bertz CT molecular complexity index is 1330. The van der Waals surface area contributed by atoms with E-state index in [0.717, 1.165) is 0 Å². The normalized spacial score (nSPS) is 26.2. The lowest BCUT2D eigenvalue weighted by atomic mass is 9.92. The summed E-state index contributed by atoms with van der Waals surface area (Å²) in [6.45, 7) is 2.78. The fraction of sp³-hybridized carbons (Fsp3) is 0.481. The third-order valence-electron chi connectivity index (χ3n) is 7.71. The molecule has 2 aliphatic heterocycles. The first-order valence-electron chi connectivity index (χ1n) is 12.7. The number of hydrogen-bond donors (Lipinski definition) is 1. The SMILES string of the molecule is CCOC(=O)C1=C(CN2CC(F)(F)C3CC(C(=O)OC)CC32)NC(c2nccs2)=NC1c1cccc(F)c1C. The predicted octanol–water partition coefficient (Wildman–Crippen LogP) is 4.02. The second kappa shape index (κ2) is 10.7. The van der Waals surface area contributed by atoms with Crippen LogP contribution in [0.3, 0.4) is 0 Å². The molecule has 2 aromatic rings. The van der Waals surface area contributed by atoms with Crippen LogP contribution in [0, 0.1) is 24.6 Å². The zero-order chi connectivity index (χ0) is 27.9. The number of benzene rings is 1. The van der Waals surface area contributed by atoms with E-state index in [1.807, 2.05) is 0 Å². The number of nitrogens with one attached hydrogen (secondary N) is 1. The average molecular weight is 563 g/mol. The number of halogens is 3. The molecule has 39 heavy (non-hydrogen) atoms.